The molecule has 3 aliphatic rings. The number of amides is 2. The Hall–Kier alpha value is -0.940. The standard InChI is InChI=1S/C15H24N2O3/c16-11-15(5-7-20-8-6-15)17-12(18)9-14(10-13(17)19)3-1-2-4-14/h1-11,16H2. The fourth-order valence-corrected chi connectivity index (χ4v) is 4.28. The summed E-state index contributed by atoms with van der Waals surface area (Å²) in [5.74, 6) is -0.00833. The van der Waals surface area contributed by atoms with Gasteiger partial charge >= 0.3 is 0 Å². The average molecular weight is 280 g/mol. The zero-order valence-electron chi connectivity index (χ0n) is 12.0. The Morgan fingerprint density at radius 1 is 1.00 bits per heavy atom. The maximum atomic E-state index is 12.6. The number of carbonyl (C=O) groups excluding carboxylic acids is 2. The third-order valence-electron chi connectivity index (χ3n) is 5.49. The molecule has 3 rings (SSSR count). The first-order valence-corrected chi connectivity index (χ1v) is 7.75. The number of likely N-dealkylation sites (tertiary alicyclic amines) is 1. The van der Waals surface area contributed by atoms with Crippen LogP contribution in [0.1, 0.15) is 51.4 Å². The predicted molar refractivity (Wildman–Crippen MR) is 73.8 cm³/mol. The summed E-state index contributed by atoms with van der Waals surface area (Å²) in [4.78, 5) is 26.8. The monoisotopic (exact) mass is 280 g/mol. The van der Waals surface area contributed by atoms with E-state index in [9.17, 15) is 9.59 Å². The molecule has 0 radical (unpaired) electrons. The van der Waals surface area contributed by atoms with Crippen molar-refractivity contribution in [2.75, 3.05) is 19.8 Å². The number of ether oxygens (including phenoxy) is 1. The van der Waals surface area contributed by atoms with Gasteiger partial charge in [0, 0.05) is 32.6 Å². The highest BCUT2D eigenvalue weighted by Gasteiger charge is 2.51. The summed E-state index contributed by atoms with van der Waals surface area (Å²) in [6.45, 7) is 1.51. The van der Waals surface area contributed by atoms with Crippen molar-refractivity contribution in [2.45, 2.75) is 56.9 Å². The van der Waals surface area contributed by atoms with Crippen LogP contribution in [0.2, 0.25) is 0 Å². The van der Waals surface area contributed by atoms with Gasteiger partial charge in [-0.2, -0.15) is 0 Å². The Kier molecular flexibility index (Phi) is 3.58. The number of hydrogen-bond acceptors (Lipinski definition) is 4. The molecule has 2 amide bonds. The van der Waals surface area contributed by atoms with Gasteiger partial charge in [-0.15, -0.1) is 0 Å². The second-order valence-electron chi connectivity index (χ2n) is 6.72. The summed E-state index contributed by atoms with van der Waals surface area (Å²) in [6, 6.07) is 0. The molecule has 20 heavy (non-hydrogen) atoms. The van der Waals surface area contributed by atoms with Gasteiger partial charge in [0.2, 0.25) is 11.8 Å². The van der Waals surface area contributed by atoms with Gasteiger partial charge in [0.25, 0.3) is 0 Å². The van der Waals surface area contributed by atoms with Gasteiger partial charge in [-0.1, -0.05) is 12.8 Å². The highest BCUT2D eigenvalue weighted by molar-refractivity contribution is 5.99. The molecule has 1 saturated carbocycles. The van der Waals surface area contributed by atoms with Gasteiger partial charge in [0.05, 0.1) is 5.54 Å². The summed E-state index contributed by atoms with van der Waals surface area (Å²) in [7, 11) is 0. The average Bonchev–Trinajstić information content (AvgIpc) is 2.86. The number of piperidine rings is 1. The summed E-state index contributed by atoms with van der Waals surface area (Å²) >= 11 is 0. The van der Waals surface area contributed by atoms with Gasteiger partial charge in [-0.25, -0.2) is 0 Å². The van der Waals surface area contributed by atoms with Crippen molar-refractivity contribution in [3.8, 4) is 0 Å². The van der Waals surface area contributed by atoms with Crippen LogP contribution in [0.5, 0.6) is 0 Å². The van der Waals surface area contributed by atoms with Crippen LogP contribution in [0, 0.1) is 5.41 Å². The number of imide groups is 1. The predicted octanol–water partition coefficient (Wildman–Crippen LogP) is 1.20. The van der Waals surface area contributed by atoms with Crippen LogP contribution in [0.25, 0.3) is 0 Å². The van der Waals surface area contributed by atoms with Crippen LogP contribution >= 0.6 is 0 Å². The Bertz CT molecular complexity index is 389. The van der Waals surface area contributed by atoms with Crippen LogP contribution in [0.15, 0.2) is 0 Å². The van der Waals surface area contributed by atoms with Crippen LogP contribution in [-0.2, 0) is 14.3 Å². The molecular formula is C15H24N2O3. The number of nitrogens with two attached hydrogens (primary N) is 1. The van der Waals surface area contributed by atoms with E-state index in [0.717, 1.165) is 25.7 Å². The molecule has 0 aromatic rings. The van der Waals surface area contributed by atoms with E-state index in [4.69, 9.17) is 10.5 Å². The highest BCUT2D eigenvalue weighted by Crippen LogP contribution is 2.48. The van der Waals surface area contributed by atoms with Gasteiger partial charge in [0.15, 0.2) is 0 Å². The normalized spacial score (nSPS) is 29.1. The lowest BCUT2D eigenvalue weighted by Crippen LogP contribution is -2.63. The van der Waals surface area contributed by atoms with Crippen molar-refractivity contribution in [1.82, 2.24) is 4.90 Å². The lowest BCUT2D eigenvalue weighted by molar-refractivity contribution is -0.165. The topological polar surface area (TPSA) is 72.6 Å². The number of nitrogens with zero attached hydrogens (tertiary/aromatic N) is 1. The van der Waals surface area contributed by atoms with Crippen LogP contribution in [0.3, 0.4) is 0 Å². The molecule has 0 bridgehead atoms. The highest BCUT2D eigenvalue weighted by atomic mass is 16.5. The number of rotatable bonds is 2. The van der Waals surface area contributed by atoms with Crippen molar-refractivity contribution in [3.63, 3.8) is 0 Å². The molecule has 1 aliphatic carbocycles. The first-order valence-electron chi connectivity index (χ1n) is 7.75. The van der Waals surface area contributed by atoms with Crippen LogP contribution < -0.4 is 5.73 Å². The van der Waals surface area contributed by atoms with Crippen molar-refractivity contribution < 1.29 is 14.3 Å². The molecule has 0 atom stereocenters. The minimum absolute atomic E-state index is 0.00417. The second-order valence-corrected chi connectivity index (χ2v) is 6.72. The minimum Gasteiger partial charge on any atom is -0.381 e. The summed E-state index contributed by atoms with van der Waals surface area (Å²) < 4.78 is 5.38. The van der Waals surface area contributed by atoms with Crippen LogP contribution in [-0.4, -0.2) is 42.0 Å². The molecule has 0 aromatic heterocycles. The Labute approximate surface area is 119 Å². The third kappa shape index (κ3) is 2.17. The summed E-state index contributed by atoms with van der Waals surface area (Å²) in [5, 5.41) is 0. The molecule has 0 aromatic carbocycles. The van der Waals surface area contributed by atoms with E-state index in [0.29, 0.717) is 45.4 Å². The Morgan fingerprint density at radius 2 is 1.55 bits per heavy atom. The lowest BCUT2D eigenvalue weighted by atomic mass is 9.74. The molecule has 5 nitrogen and oxygen atoms in total. The number of hydrogen-bond donors (Lipinski definition) is 1. The first kappa shape index (κ1) is 14.0. The van der Waals surface area contributed by atoms with Gasteiger partial charge in [0.1, 0.15) is 0 Å². The Morgan fingerprint density at radius 3 is 2.05 bits per heavy atom. The summed E-state index contributed by atoms with van der Waals surface area (Å²) in [5.41, 5.74) is 5.41. The quantitative estimate of drug-likeness (QED) is 0.772. The van der Waals surface area contributed by atoms with Gasteiger partial charge < -0.3 is 10.5 Å². The fraction of sp³-hybridized carbons (Fsp3) is 0.867. The first-order chi connectivity index (χ1) is 9.61. The zero-order valence-corrected chi connectivity index (χ0v) is 12.0. The molecule has 112 valence electrons. The molecular weight excluding hydrogens is 256 g/mol. The van der Waals surface area contributed by atoms with E-state index in [-0.39, 0.29) is 17.2 Å². The molecule has 2 aliphatic heterocycles. The molecule has 3 fully saturated rings. The third-order valence-corrected chi connectivity index (χ3v) is 5.49. The fourth-order valence-electron chi connectivity index (χ4n) is 4.28. The molecule has 2 heterocycles. The summed E-state index contributed by atoms with van der Waals surface area (Å²) in [6.07, 6.45) is 6.76. The van der Waals surface area contributed by atoms with E-state index in [1.165, 1.54) is 4.90 Å². The molecule has 0 unspecified atom stereocenters. The smallest absolute Gasteiger partial charge is 0.230 e. The maximum Gasteiger partial charge on any atom is 0.230 e. The lowest BCUT2D eigenvalue weighted by Gasteiger charge is -2.48. The SMILES string of the molecule is NCC1(N2C(=O)CC3(CCCC3)CC2=O)CCOCC1. The minimum atomic E-state index is -0.493. The molecule has 2 N–H and O–H groups in total. The van der Waals surface area contributed by atoms with Crippen molar-refractivity contribution in [2.24, 2.45) is 11.1 Å². The van der Waals surface area contributed by atoms with Crippen LogP contribution in [0.4, 0.5) is 0 Å². The van der Waals surface area contributed by atoms with Crippen molar-refractivity contribution in [3.05, 3.63) is 0 Å². The van der Waals surface area contributed by atoms with Crippen molar-refractivity contribution in [1.29, 1.82) is 0 Å². The van der Waals surface area contributed by atoms with Gasteiger partial charge in [-0.05, 0) is 31.1 Å². The molecule has 2 saturated heterocycles. The van der Waals surface area contributed by atoms with E-state index < -0.39 is 5.54 Å². The number of carbonyl (C=O) groups is 2. The Balaban J connectivity index is 1.83. The largest absolute Gasteiger partial charge is 0.381 e. The van der Waals surface area contributed by atoms with E-state index >= 15 is 0 Å². The zero-order chi connectivity index (χ0) is 14.2. The molecule has 5 heteroatoms. The van der Waals surface area contributed by atoms with Crippen molar-refractivity contribution >= 4 is 11.8 Å². The van der Waals surface area contributed by atoms with E-state index in [2.05, 4.69) is 0 Å². The van der Waals surface area contributed by atoms with E-state index in [1.807, 2.05) is 0 Å². The second kappa shape index (κ2) is 5.11. The van der Waals surface area contributed by atoms with E-state index in [1.54, 1.807) is 0 Å². The van der Waals surface area contributed by atoms with Gasteiger partial charge in [-0.3, -0.25) is 14.5 Å². The molecule has 1 spiro atoms. The maximum absolute atomic E-state index is 12.6.